The molecule has 0 spiro atoms. The number of nitrogens with one attached hydrogen (secondary N) is 2. The third-order valence-electron chi connectivity index (χ3n) is 12.9. The average molecular weight is 903 g/mol. The van der Waals surface area contributed by atoms with Gasteiger partial charge in [0.25, 0.3) is 0 Å². The van der Waals surface area contributed by atoms with Gasteiger partial charge in [-0.05, 0) is 70.8 Å². The Balaban J connectivity index is 1.42. The maximum atomic E-state index is 5.58. The van der Waals surface area contributed by atoms with E-state index in [9.17, 15) is 0 Å². The van der Waals surface area contributed by atoms with E-state index in [0.717, 1.165) is 89.4 Å². The van der Waals surface area contributed by atoms with Crippen LogP contribution >= 0.6 is 0 Å². The number of rotatable bonds is 8. The standard InChI is InChI=1S/C56H62N4Si4/c1-61(2,3)41-21-13-37(14-22-41)53-45-29-31-47(57-45)54(38-15-23-42(24-16-38)62(4,5)6)49-33-35-51(59-49)56(40-19-27-44(28-20-40)64(10,11)12)52-36-34-50(60-52)55(48-32-30-46(53)58-48)39-17-25-43(26-18-39)63(7,8)9/h13-36,57,60H,1-12H3. The average Bonchev–Trinajstić information content (AvgIpc) is 4.08. The predicted molar refractivity (Wildman–Crippen MR) is 293 cm³/mol. The lowest BCUT2D eigenvalue weighted by molar-refractivity contribution is 1.31. The molecule has 4 nitrogen and oxygen atoms in total. The molecular weight excluding hydrogens is 841 g/mol. The van der Waals surface area contributed by atoms with Crippen molar-refractivity contribution in [1.29, 1.82) is 0 Å². The van der Waals surface area contributed by atoms with Crippen LogP contribution in [0.4, 0.5) is 0 Å². The molecule has 7 aromatic rings. The number of aromatic amines is 2. The van der Waals surface area contributed by atoms with Crippen molar-refractivity contribution in [1.82, 2.24) is 19.9 Å². The Kier molecular flexibility index (Phi) is 11.0. The van der Waals surface area contributed by atoms with Crippen molar-refractivity contribution in [3.8, 4) is 44.5 Å². The van der Waals surface area contributed by atoms with Crippen molar-refractivity contribution in [2.24, 2.45) is 0 Å². The number of fused-ring (bicyclic) bond motifs is 8. The van der Waals surface area contributed by atoms with Crippen LogP contribution in [0.5, 0.6) is 0 Å². The molecule has 5 heterocycles. The molecule has 0 atom stereocenters. The first-order chi connectivity index (χ1) is 30.2. The summed E-state index contributed by atoms with van der Waals surface area (Å²) < 4.78 is 0. The molecule has 2 N–H and O–H groups in total. The Morgan fingerprint density at radius 2 is 0.453 bits per heavy atom. The van der Waals surface area contributed by atoms with Crippen molar-refractivity contribution in [2.75, 3.05) is 0 Å². The Morgan fingerprint density at radius 3 is 0.625 bits per heavy atom. The number of nitrogens with zero attached hydrogens (tertiary/aromatic N) is 2. The summed E-state index contributed by atoms with van der Waals surface area (Å²) >= 11 is 0. The van der Waals surface area contributed by atoms with E-state index in [1.165, 1.54) is 20.7 Å². The Morgan fingerprint density at radius 1 is 0.266 bits per heavy atom. The fourth-order valence-corrected chi connectivity index (χ4v) is 13.6. The van der Waals surface area contributed by atoms with Crippen molar-refractivity contribution in [2.45, 2.75) is 78.6 Å². The molecular formula is C56H62N4Si4. The van der Waals surface area contributed by atoms with Gasteiger partial charge >= 0.3 is 0 Å². The van der Waals surface area contributed by atoms with Crippen molar-refractivity contribution < 1.29 is 0 Å². The van der Waals surface area contributed by atoms with E-state index < -0.39 is 32.3 Å². The monoisotopic (exact) mass is 902 g/mol. The first kappa shape index (κ1) is 43.6. The van der Waals surface area contributed by atoms with Crippen LogP contribution in [-0.2, 0) is 0 Å². The fourth-order valence-electron chi connectivity index (χ4n) is 8.97. The zero-order valence-corrected chi connectivity index (χ0v) is 43.8. The number of hydrogen-bond donors (Lipinski definition) is 2. The summed E-state index contributed by atoms with van der Waals surface area (Å²) in [5, 5.41) is 5.75. The highest BCUT2D eigenvalue weighted by atomic mass is 28.3. The first-order valence-corrected chi connectivity index (χ1v) is 36.8. The lowest BCUT2D eigenvalue weighted by Crippen LogP contribution is -2.37. The second-order valence-electron chi connectivity index (χ2n) is 21.8. The zero-order chi connectivity index (χ0) is 45.3. The number of hydrogen-bond acceptors (Lipinski definition) is 2. The van der Waals surface area contributed by atoms with Crippen LogP contribution in [0.3, 0.4) is 0 Å². The Bertz CT molecular complexity index is 2720. The highest BCUT2D eigenvalue weighted by molar-refractivity contribution is 6.90. The van der Waals surface area contributed by atoms with E-state index in [0.29, 0.717) is 0 Å². The summed E-state index contributed by atoms with van der Waals surface area (Å²) in [5.74, 6) is 0. The smallest absolute Gasteiger partial charge is 0.0775 e. The molecule has 0 saturated carbocycles. The summed E-state index contributed by atoms with van der Waals surface area (Å²) in [5.41, 5.74) is 16.7. The largest absolute Gasteiger partial charge is 0.354 e. The molecule has 2 aliphatic heterocycles. The van der Waals surface area contributed by atoms with Crippen LogP contribution in [0, 0.1) is 0 Å². The molecule has 3 aromatic heterocycles. The lowest BCUT2D eigenvalue weighted by atomic mass is 10.0. The molecule has 0 radical (unpaired) electrons. The minimum atomic E-state index is -1.52. The van der Waals surface area contributed by atoms with Crippen molar-refractivity contribution in [3.05, 3.63) is 144 Å². The fraction of sp³-hybridized carbons (Fsp3) is 0.214. The summed E-state index contributed by atoms with van der Waals surface area (Å²) in [6, 6.07) is 46.0. The van der Waals surface area contributed by atoms with Gasteiger partial charge < -0.3 is 9.97 Å². The summed E-state index contributed by atoms with van der Waals surface area (Å²) in [6.07, 6.45) is 8.83. The quantitative estimate of drug-likeness (QED) is 0.149. The molecule has 0 unspecified atom stereocenters. The van der Waals surface area contributed by atoms with Gasteiger partial charge in [-0.3, -0.25) is 0 Å². The van der Waals surface area contributed by atoms with Gasteiger partial charge in [-0.2, -0.15) is 0 Å². The predicted octanol–water partition coefficient (Wildman–Crippen LogP) is 13.5. The molecule has 9 rings (SSSR count). The molecule has 2 aliphatic rings. The van der Waals surface area contributed by atoms with Gasteiger partial charge in [0.15, 0.2) is 0 Å². The zero-order valence-electron chi connectivity index (χ0n) is 39.8. The molecule has 0 fully saturated rings. The minimum Gasteiger partial charge on any atom is -0.354 e. The molecule has 322 valence electrons. The number of H-pyrrole nitrogens is 2. The SMILES string of the molecule is C[Si](C)(C)c1ccc(-c2c3nc(c(-c4ccc([Si](C)(C)C)cc4)c4ccc([nH]4)c(-c4ccc([Si](C)(C)C)cc4)c4nc(c(-c5ccc([Si](C)(C)C)cc5)c5ccc2[nH]5)C=C4)C=C3)cc1. The first-order valence-electron chi connectivity index (χ1n) is 22.8. The van der Waals surface area contributed by atoms with Gasteiger partial charge in [-0.25, -0.2) is 9.97 Å². The van der Waals surface area contributed by atoms with Crippen LogP contribution < -0.4 is 20.7 Å². The van der Waals surface area contributed by atoms with Gasteiger partial charge in [0.2, 0.25) is 0 Å². The molecule has 0 saturated heterocycles. The topological polar surface area (TPSA) is 57.4 Å². The van der Waals surface area contributed by atoms with Crippen LogP contribution in [0.15, 0.2) is 121 Å². The molecule has 8 heteroatoms. The third kappa shape index (κ3) is 8.52. The second kappa shape index (κ2) is 16.1. The minimum absolute atomic E-state index is 0.934. The highest BCUT2D eigenvalue weighted by Gasteiger charge is 2.23. The highest BCUT2D eigenvalue weighted by Crippen LogP contribution is 2.38. The second-order valence-corrected chi connectivity index (χ2v) is 42.1. The summed E-state index contributed by atoms with van der Waals surface area (Å²) in [4.78, 5) is 19.1. The molecule has 0 aliphatic carbocycles. The van der Waals surface area contributed by atoms with Gasteiger partial charge in [-0.15, -0.1) is 0 Å². The normalized spacial score (nSPS) is 13.2. The third-order valence-corrected chi connectivity index (χ3v) is 21.2. The van der Waals surface area contributed by atoms with E-state index in [-0.39, 0.29) is 0 Å². The van der Waals surface area contributed by atoms with Crippen LogP contribution in [0.25, 0.3) is 90.9 Å². The van der Waals surface area contributed by atoms with Gasteiger partial charge in [0, 0.05) is 44.3 Å². The lowest BCUT2D eigenvalue weighted by Gasteiger charge is -2.17. The van der Waals surface area contributed by atoms with E-state index in [1.54, 1.807) is 0 Å². The maximum absolute atomic E-state index is 5.58. The number of benzene rings is 4. The van der Waals surface area contributed by atoms with Gasteiger partial charge in [0.05, 0.1) is 55.1 Å². The summed E-state index contributed by atoms with van der Waals surface area (Å²) in [7, 11) is -6.09. The van der Waals surface area contributed by atoms with Gasteiger partial charge in [-0.1, -0.05) is 196 Å². The van der Waals surface area contributed by atoms with E-state index in [1.807, 2.05) is 0 Å². The molecule has 64 heavy (non-hydrogen) atoms. The Labute approximate surface area is 384 Å². The van der Waals surface area contributed by atoms with Crippen LogP contribution in [0.1, 0.15) is 22.8 Å². The molecule has 8 bridgehead atoms. The summed E-state index contributed by atoms with van der Waals surface area (Å²) in [6.45, 7) is 28.9. The maximum Gasteiger partial charge on any atom is 0.0775 e. The van der Waals surface area contributed by atoms with E-state index in [2.05, 4.69) is 234 Å². The van der Waals surface area contributed by atoms with Crippen molar-refractivity contribution >= 4 is 99.4 Å². The van der Waals surface area contributed by atoms with Crippen LogP contribution in [0.2, 0.25) is 78.6 Å². The molecule has 0 amide bonds. The van der Waals surface area contributed by atoms with E-state index in [4.69, 9.17) is 9.97 Å². The number of aromatic nitrogens is 4. The van der Waals surface area contributed by atoms with Gasteiger partial charge in [0.1, 0.15) is 0 Å². The van der Waals surface area contributed by atoms with E-state index >= 15 is 0 Å². The Hall–Kier alpha value is -5.65. The van der Waals surface area contributed by atoms with Crippen LogP contribution in [-0.4, -0.2) is 52.2 Å². The van der Waals surface area contributed by atoms with Crippen molar-refractivity contribution in [3.63, 3.8) is 0 Å². The molecule has 4 aromatic carbocycles.